The van der Waals surface area contributed by atoms with Crippen LogP contribution in [0, 0.1) is 6.92 Å². The van der Waals surface area contributed by atoms with Gasteiger partial charge in [0.05, 0.1) is 10.5 Å². The molecule has 0 aliphatic heterocycles. The first-order valence-corrected chi connectivity index (χ1v) is 9.00. The Morgan fingerprint density at radius 2 is 1.76 bits per heavy atom. The Hall–Kier alpha value is -1.37. The zero-order valence-electron chi connectivity index (χ0n) is 10.9. The molecule has 0 heterocycles. The maximum atomic E-state index is 12.2. The molecule has 0 atom stereocenters. The first-order chi connectivity index (χ1) is 9.79. The zero-order valence-corrected chi connectivity index (χ0v) is 14.1. The van der Waals surface area contributed by atoms with Crippen molar-refractivity contribution in [3.8, 4) is 0 Å². The molecule has 0 aliphatic rings. The molecule has 21 heavy (non-hydrogen) atoms. The van der Waals surface area contributed by atoms with Crippen LogP contribution in [-0.4, -0.2) is 14.3 Å². The molecule has 2 rings (SSSR count). The fraction of sp³-hybridized carbons (Fsp3) is 0.0714. The number of halogens is 2. The summed E-state index contributed by atoms with van der Waals surface area (Å²) in [6, 6.07) is 11.0. The number of benzene rings is 2. The molecule has 0 fully saturated rings. The summed E-state index contributed by atoms with van der Waals surface area (Å²) in [5, 5.41) is 2.70. The second-order valence-electron chi connectivity index (χ2n) is 4.35. The Balaban J connectivity index is 2.22. The van der Waals surface area contributed by atoms with Crippen molar-refractivity contribution in [2.75, 3.05) is 5.32 Å². The van der Waals surface area contributed by atoms with E-state index in [4.69, 9.17) is 10.7 Å². The van der Waals surface area contributed by atoms with Crippen LogP contribution in [0.25, 0.3) is 0 Å². The van der Waals surface area contributed by atoms with E-state index in [0.29, 0.717) is 11.3 Å². The quantitative estimate of drug-likeness (QED) is 0.810. The first kappa shape index (κ1) is 16.0. The van der Waals surface area contributed by atoms with E-state index >= 15 is 0 Å². The molecule has 2 aromatic rings. The molecule has 4 nitrogen and oxygen atoms in total. The normalized spacial score (nSPS) is 11.2. The van der Waals surface area contributed by atoms with Crippen molar-refractivity contribution in [2.45, 2.75) is 11.8 Å². The van der Waals surface area contributed by atoms with Crippen LogP contribution in [-0.2, 0) is 9.05 Å². The Morgan fingerprint density at radius 3 is 2.33 bits per heavy atom. The molecular weight excluding hydrogens is 378 g/mol. The van der Waals surface area contributed by atoms with Crippen LogP contribution in [0.5, 0.6) is 0 Å². The molecule has 110 valence electrons. The summed E-state index contributed by atoms with van der Waals surface area (Å²) in [5.41, 5.74) is 1.94. The largest absolute Gasteiger partial charge is 0.322 e. The van der Waals surface area contributed by atoms with Gasteiger partial charge in [-0.25, -0.2) is 8.42 Å². The lowest BCUT2D eigenvalue weighted by atomic mass is 10.1. The summed E-state index contributed by atoms with van der Waals surface area (Å²) in [6.45, 7) is 1.89. The molecule has 0 radical (unpaired) electrons. The molecule has 0 unspecified atom stereocenters. The third kappa shape index (κ3) is 3.84. The minimum atomic E-state index is -3.76. The number of hydrogen-bond donors (Lipinski definition) is 1. The van der Waals surface area contributed by atoms with Crippen molar-refractivity contribution in [1.29, 1.82) is 0 Å². The Labute approximate surface area is 135 Å². The minimum absolute atomic E-state index is 0.0149. The van der Waals surface area contributed by atoms with Crippen molar-refractivity contribution in [3.05, 3.63) is 58.1 Å². The number of carbonyl (C=O) groups is 1. The second kappa shape index (κ2) is 6.17. The van der Waals surface area contributed by atoms with Crippen molar-refractivity contribution in [3.63, 3.8) is 0 Å². The standard InChI is InChI=1S/C14H11BrClNO3S/c1-9-3-2-4-12(13(9)15)14(18)17-10-5-7-11(8-6-10)21(16,19)20/h2-8H,1H3,(H,17,18). The summed E-state index contributed by atoms with van der Waals surface area (Å²) in [6.07, 6.45) is 0. The van der Waals surface area contributed by atoms with Gasteiger partial charge in [0.15, 0.2) is 0 Å². The first-order valence-electron chi connectivity index (χ1n) is 5.90. The smallest absolute Gasteiger partial charge is 0.261 e. The number of aryl methyl sites for hydroxylation is 1. The molecule has 0 saturated heterocycles. The maximum Gasteiger partial charge on any atom is 0.261 e. The van der Waals surface area contributed by atoms with E-state index in [0.717, 1.165) is 10.0 Å². The third-order valence-electron chi connectivity index (χ3n) is 2.83. The highest BCUT2D eigenvalue weighted by molar-refractivity contribution is 9.10. The van der Waals surface area contributed by atoms with Gasteiger partial charge >= 0.3 is 0 Å². The van der Waals surface area contributed by atoms with Gasteiger partial charge in [0, 0.05) is 20.8 Å². The van der Waals surface area contributed by atoms with Gasteiger partial charge in [-0.3, -0.25) is 4.79 Å². The monoisotopic (exact) mass is 387 g/mol. The summed E-state index contributed by atoms with van der Waals surface area (Å²) in [7, 11) is 1.47. The lowest BCUT2D eigenvalue weighted by Gasteiger charge is -2.08. The molecule has 0 aliphatic carbocycles. The Kier molecular flexibility index (Phi) is 4.70. The van der Waals surface area contributed by atoms with E-state index in [-0.39, 0.29) is 10.8 Å². The predicted octanol–water partition coefficient (Wildman–Crippen LogP) is 3.94. The van der Waals surface area contributed by atoms with E-state index in [2.05, 4.69) is 21.2 Å². The van der Waals surface area contributed by atoms with E-state index in [1.807, 2.05) is 13.0 Å². The molecule has 2 aromatic carbocycles. The average Bonchev–Trinajstić information content (AvgIpc) is 2.41. The van der Waals surface area contributed by atoms with Gasteiger partial charge in [-0.15, -0.1) is 0 Å². The lowest BCUT2D eigenvalue weighted by Crippen LogP contribution is -2.13. The maximum absolute atomic E-state index is 12.2. The Bertz CT molecular complexity index is 788. The molecule has 7 heteroatoms. The third-order valence-corrected chi connectivity index (χ3v) is 5.25. The van der Waals surface area contributed by atoms with Gasteiger partial charge in [0.2, 0.25) is 0 Å². The summed E-state index contributed by atoms with van der Waals surface area (Å²) in [5.74, 6) is -0.285. The van der Waals surface area contributed by atoms with Crippen LogP contribution < -0.4 is 5.32 Å². The van der Waals surface area contributed by atoms with Gasteiger partial charge in [-0.05, 0) is 58.7 Å². The van der Waals surface area contributed by atoms with Crippen LogP contribution in [0.15, 0.2) is 51.8 Å². The number of nitrogens with one attached hydrogen (secondary N) is 1. The van der Waals surface area contributed by atoms with Gasteiger partial charge < -0.3 is 5.32 Å². The molecule has 1 N–H and O–H groups in total. The van der Waals surface area contributed by atoms with Crippen LogP contribution in [0.1, 0.15) is 15.9 Å². The van der Waals surface area contributed by atoms with Crippen LogP contribution >= 0.6 is 26.6 Å². The van der Waals surface area contributed by atoms with E-state index in [9.17, 15) is 13.2 Å². The van der Waals surface area contributed by atoms with Gasteiger partial charge in [0.25, 0.3) is 15.0 Å². The molecule has 0 aromatic heterocycles. The molecule has 1 amide bonds. The van der Waals surface area contributed by atoms with Crippen molar-refractivity contribution < 1.29 is 13.2 Å². The fourth-order valence-corrected chi connectivity index (χ4v) is 2.94. The number of hydrogen-bond acceptors (Lipinski definition) is 3. The molecule has 0 bridgehead atoms. The summed E-state index contributed by atoms with van der Waals surface area (Å²) in [4.78, 5) is 12.2. The van der Waals surface area contributed by atoms with Gasteiger partial charge in [0.1, 0.15) is 0 Å². The van der Waals surface area contributed by atoms with E-state index in [1.54, 1.807) is 12.1 Å². The summed E-state index contributed by atoms with van der Waals surface area (Å²) >= 11 is 3.37. The topological polar surface area (TPSA) is 63.2 Å². The van der Waals surface area contributed by atoms with Gasteiger partial charge in [-0.2, -0.15) is 0 Å². The predicted molar refractivity (Wildman–Crippen MR) is 86.3 cm³/mol. The van der Waals surface area contributed by atoms with Crippen molar-refractivity contribution >= 4 is 47.3 Å². The van der Waals surface area contributed by atoms with Crippen molar-refractivity contribution in [2.24, 2.45) is 0 Å². The SMILES string of the molecule is Cc1cccc(C(=O)Nc2ccc(S(=O)(=O)Cl)cc2)c1Br. The van der Waals surface area contributed by atoms with E-state index in [1.165, 1.54) is 24.3 Å². The van der Waals surface area contributed by atoms with Crippen LogP contribution in [0.3, 0.4) is 0 Å². The fourth-order valence-electron chi connectivity index (χ4n) is 1.72. The highest BCUT2D eigenvalue weighted by Crippen LogP contribution is 2.23. The number of amides is 1. The minimum Gasteiger partial charge on any atom is -0.322 e. The average molecular weight is 389 g/mol. The number of carbonyl (C=O) groups excluding carboxylic acids is 1. The molecule has 0 spiro atoms. The Morgan fingerprint density at radius 1 is 1.14 bits per heavy atom. The van der Waals surface area contributed by atoms with Crippen LogP contribution in [0.4, 0.5) is 5.69 Å². The van der Waals surface area contributed by atoms with Crippen molar-refractivity contribution in [1.82, 2.24) is 0 Å². The number of rotatable bonds is 3. The zero-order chi connectivity index (χ0) is 15.6. The number of anilines is 1. The molecular formula is C14H11BrClNO3S. The van der Waals surface area contributed by atoms with Gasteiger partial charge in [-0.1, -0.05) is 12.1 Å². The van der Waals surface area contributed by atoms with Crippen LogP contribution in [0.2, 0.25) is 0 Å². The van der Waals surface area contributed by atoms with E-state index < -0.39 is 9.05 Å². The highest BCUT2D eigenvalue weighted by atomic mass is 79.9. The summed E-state index contributed by atoms with van der Waals surface area (Å²) < 4.78 is 23.0. The lowest BCUT2D eigenvalue weighted by molar-refractivity contribution is 0.102. The second-order valence-corrected chi connectivity index (χ2v) is 7.71. The highest BCUT2D eigenvalue weighted by Gasteiger charge is 2.13. The molecule has 0 saturated carbocycles.